The Balaban J connectivity index is 3.10. The standard InChI is InChI=1S/C8H13NO3/c1-2-3-6-11-7-12-8(10)4-5-9/h2-4,6-7H2,1H3. The summed E-state index contributed by atoms with van der Waals surface area (Å²) in [6.45, 7) is 2.60. The van der Waals surface area contributed by atoms with Gasteiger partial charge in [-0.15, -0.1) is 0 Å². The highest BCUT2D eigenvalue weighted by Crippen LogP contribution is 1.89. The van der Waals surface area contributed by atoms with Gasteiger partial charge in [-0.1, -0.05) is 13.3 Å². The van der Waals surface area contributed by atoms with Gasteiger partial charge in [0, 0.05) is 0 Å². The largest absolute Gasteiger partial charge is 0.438 e. The zero-order valence-electron chi connectivity index (χ0n) is 7.21. The molecule has 4 nitrogen and oxygen atoms in total. The van der Waals surface area contributed by atoms with E-state index in [4.69, 9.17) is 10.00 Å². The fraction of sp³-hybridized carbons (Fsp3) is 0.750. The molecule has 0 saturated carbocycles. The summed E-state index contributed by atoms with van der Waals surface area (Å²) in [5, 5.41) is 8.09. The Labute approximate surface area is 72.1 Å². The zero-order chi connectivity index (χ0) is 9.23. The Kier molecular flexibility index (Phi) is 7.30. The third kappa shape index (κ3) is 7.03. The monoisotopic (exact) mass is 171 g/mol. The highest BCUT2D eigenvalue weighted by molar-refractivity contribution is 5.71. The van der Waals surface area contributed by atoms with Crippen LogP contribution in [0.2, 0.25) is 0 Å². The summed E-state index contributed by atoms with van der Waals surface area (Å²) in [6.07, 6.45) is 1.79. The van der Waals surface area contributed by atoms with Crippen molar-refractivity contribution in [2.45, 2.75) is 26.2 Å². The Morgan fingerprint density at radius 3 is 2.92 bits per heavy atom. The molecule has 0 N–H and O–H groups in total. The second-order valence-corrected chi connectivity index (χ2v) is 2.23. The molecule has 0 amide bonds. The first-order valence-corrected chi connectivity index (χ1v) is 3.91. The Morgan fingerprint density at radius 1 is 1.58 bits per heavy atom. The quantitative estimate of drug-likeness (QED) is 0.342. The van der Waals surface area contributed by atoms with Crippen LogP contribution in [0.5, 0.6) is 0 Å². The predicted molar refractivity (Wildman–Crippen MR) is 42.0 cm³/mol. The number of carbonyl (C=O) groups excluding carboxylic acids is 1. The van der Waals surface area contributed by atoms with Gasteiger partial charge in [0.05, 0.1) is 12.7 Å². The zero-order valence-corrected chi connectivity index (χ0v) is 7.21. The van der Waals surface area contributed by atoms with Crippen molar-refractivity contribution in [3.8, 4) is 6.07 Å². The molecule has 0 aliphatic carbocycles. The van der Waals surface area contributed by atoms with Crippen molar-refractivity contribution in [3.63, 3.8) is 0 Å². The molecule has 0 fully saturated rings. The van der Waals surface area contributed by atoms with Gasteiger partial charge >= 0.3 is 5.97 Å². The van der Waals surface area contributed by atoms with Gasteiger partial charge in [-0.25, -0.2) is 0 Å². The minimum Gasteiger partial charge on any atom is -0.438 e. The van der Waals surface area contributed by atoms with Crippen LogP contribution in [-0.4, -0.2) is 19.4 Å². The third-order valence-corrected chi connectivity index (χ3v) is 1.17. The summed E-state index contributed by atoms with van der Waals surface area (Å²) in [6, 6.07) is 1.69. The second kappa shape index (κ2) is 8.02. The van der Waals surface area contributed by atoms with Crippen molar-refractivity contribution in [1.82, 2.24) is 0 Å². The lowest BCUT2D eigenvalue weighted by Crippen LogP contribution is -2.07. The lowest BCUT2D eigenvalue weighted by Gasteiger charge is -2.02. The normalized spacial score (nSPS) is 9.00. The van der Waals surface area contributed by atoms with Crippen molar-refractivity contribution in [3.05, 3.63) is 0 Å². The van der Waals surface area contributed by atoms with Gasteiger partial charge in [0.2, 0.25) is 0 Å². The number of hydrogen-bond donors (Lipinski definition) is 0. The molecule has 0 aromatic carbocycles. The van der Waals surface area contributed by atoms with Gasteiger partial charge in [-0.2, -0.15) is 5.26 Å². The maximum atomic E-state index is 10.6. The smallest absolute Gasteiger partial charge is 0.322 e. The van der Waals surface area contributed by atoms with E-state index in [2.05, 4.69) is 4.74 Å². The molecule has 0 radical (unpaired) electrons. The molecular weight excluding hydrogens is 158 g/mol. The molecule has 0 saturated heterocycles. The second-order valence-electron chi connectivity index (χ2n) is 2.23. The summed E-state index contributed by atoms with van der Waals surface area (Å²) < 4.78 is 9.48. The molecule has 0 aromatic rings. The Hall–Kier alpha value is -1.08. The molecule has 0 atom stereocenters. The van der Waals surface area contributed by atoms with Crippen molar-refractivity contribution < 1.29 is 14.3 Å². The lowest BCUT2D eigenvalue weighted by atomic mass is 10.4. The highest BCUT2D eigenvalue weighted by Gasteiger charge is 1.99. The Morgan fingerprint density at radius 2 is 2.33 bits per heavy atom. The first kappa shape index (κ1) is 10.9. The van der Waals surface area contributed by atoms with Crippen LogP contribution in [0.25, 0.3) is 0 Å². The van der Waals surface area contributed by atoms with Gasteiger partial charge in [-0.05, 0) is 6.42 Å². The van der Waals surface area contributed by atoms with Crippen LogP contribution in [0.15, 0.2) is 0 Å². The van der Waals surface area contributed by atoms with E-state index in [0.29, 0.717) is 6.61 Å². The number of nitriles is 1. The fourth-order valence-electron chi connectivity index (χ4n) is 0.528. The molecular formula is C8H13NO3. The molecule has 0 rings (SSSR count). The number of hydrogen-bond acceptors (Lipinski definition) is 4. The van der Waals surface area contributed by atoms with Crippen molar-refractivity contribution >= 4 is 5.97 Å². The number of rotatable bonds is 6. The molecule has 0 unspecified atom stereocenters. The third-order valence-electron chi connectivity index (χ3n) is 1.17. The number of carbonyl (C=O) groups is 1. The van der Waals surface area contributed by atoms with Crippen LogP contribution in [0.3, 0.4) is 0 Å². The summed E-state index contributed by atoms with van der Waals surface area (Å²) in [5.74, 6) is -0.533. The van der Waals surface area contributed by atoms with Gasteiger partial charge in [0.1, 0.15) is 6.42 Å². The van der Waals surface area contributed by atoms with E-state index in [1.54, 1.807) is 6.07 Å². The van der Waals surface area contributed by atoms with E-state index in [1.807, 2.05) is 6.92 Å². The molecule has 0 aromatic heterocycles. The number of ether oxygens (including phenoxy) is 2. The molecule has 0 spiro atoms. The summed E-state index contributed by atoms with van der Waals surface area (Å²) >= 11 is 0. The molecule has 12 heavy (non-hydrogen) atoms. The average molecular weight is 171 g/mol. The fourth-order valence-corrected chi connectivity index (χ4v) is 0.528. The van der Waals surface area contributed by atoms with Gasteiger partial charge in [0.15, 0.2) is 6.79 Å². The SMILES string of the molecule is CCCCOCOC(=O)CC#N. The number of esters is 1. The highest BCUT2D eigenvalue weighted by atomic mass is 16.7. The minimum atomic E-state index is -0.533. The van der Waals surface area contributed by atoms with Gasteiger partial charge < -0.3 is 9.47 Å². The maximum absolute atomic E-state index is 10.6. The van der Waals surface area contributed by atoms with Crippen LogP contribution in [0, 0.1) is 11.3 Å². The van der Waals surface area contributed by atoms with E-state index in [1.165, 1.54) is 0 Å². The first-order valence-electron chi connectivity index (χ1n) is 3.91. The topological polar surface area (TPSA) is 59.3 Å². The Bertz CT molecular complexity index is 162. The van der Waals surface area contributed by atoms with Crippen LogP contribution in [0.1, 0.15) is 26.2 Å². The van der Waals surface area contributed by atoms with Crippen LogP contribution in [-0.2, 0) is 14.3 Å². The summed E-state index contributed by atoms with van der Waals surface area (Å²) in [5.41, 5.74) is 0. The van der Waals surface area contributed by atoms with Gasteiger partial charge in [0.25, 0.3) is 0 Å². The molecule has 0 bridgehead atoms. The maximum Gasteiger partial charge on any atom is 0.322 e. The minimum absolute atomic E-state index is 0.0412. The number of unbranched alkanes of at least 4 members (excludes halogenated alkanes) is 1. The van der Waals surface area contributed by atoms with Gasteiger partial charge in [-0.3, -0.25) is 4.79 Å². The van der Waals surface area contributed by atoms with Crippen molar-refractivity contribution in [2.75, 3.05) is 13.4 Å². The van der Waals surface area contributed by atoms with Crippen LogP contribution < -0.4 is 0 Å². The van der Waals surface area contributed by atoms with E-state index in [9.17, 15) is 4.79 Å². The van der Waals surface area contributed by atoms with E-state index in [-0.39, 0.29) is 13.2 Å². The average Bonchev–Trinajstić information content (AvgIpc) is 2.05. The lowest BCUT2D eigenvalue weighted by molar-refractivity contribution is -0.155. The van der Waals surface area contributed by atoms with Crippen molar-refractivity contribution in [1.29, 1.82) is 5.26 Å². The summed E-state index contributed by atoms with van der Waals surface area (Å²) in [7, 11) is 0. The predicted octanol–water partition coefficient (Wildman–Crippen LogP) is 1.22. The molecule has 4 heteroatoms. The van der Waals surface area contributed by atoms with Crippen LogP contribution >= 0.6 is 0 Å². The van der Waals surface area contributed by atoms with E-state index in [0.717, 1.165) is 12.8 Å². The molecule has 0 aliphatic heterocycles. The number of nitrogens with zero attached hydrogens (tertiary/aromatic N) is 1. The molecule has 0 heterocycles. The first-order chi connectivity index (χ1) is 5.81. The molecule has 68 valence electrons. The summed E-state index contributed by atoms with van der Waals surface area (Å²) in [4.78, 5) is 10.6. The van der Waals surface area contributed by atoms with Crippen molar-refractivity contribution in [2.24, 2.45) is 0 Å². The van der Waals surface area contributed by atoms with Crippen LogP contribution in [0.4, 0.5) is 0 Å². The van der Waals surface area contributed by atoms with E-state index < -0.39 is 5.97 Å². The molecule has 0 aliphatic rings. The van der Waals surface area contributed by atoms with E-state index >= 15 is 0 Å².